The Morgan fingerprint density at radius 2 is 1.89 bits per heavy atom. The molecule has 1 aromatic carbocycles. The summed E-state index contributed by atoms with van der Waals surface area (Å²) in [7, 11) is 0. The average molecular weight is 395 g/mol. The largest absolute Gasteiger partial charge is 0.394 e. The number of urea groups is 1. The second-order valence-electron chi connectivity index (χ2n) is 6.97. The molecule has 1 aromatic rings. The second-order valence-corrected chi connectivity index (χ2v) is 6.97. The van der Waals surface area contributed by atoms with Crippen LogP contribution in [0.5, 0.6) is 0 Å². The Balaban J connectivity index is 1.47. The van der Waals surface area contributed by atoms with E-state index in [-0.39, 0.29) is 36.9 Å². The van der Waals surface area contributed by atoms with Gasteiger partial charge in [-0.25, -0.2) is 9.18 Å². The number of morpholine rings is 1. The number of carbonyl (C=O) groups is 2. The van der Waals surface area contributed by atoms with Gasteiger partial charge in [0.1, 0.15) is 11.9 Å². The molecule has 2 aliphatic heterocycles. The van der Waals surface area contributed by atoms with Crippen LogP contribution in [0.2, 0.25) is 0 Å². The van der Waals surface area contributed by atoms with Crippen LogP contribution < -0.4 is 10.6 Å². The summed E-state index contributed by atoms with van der Waals surface area (Å²) in [6.07, 6.45) is 0.572. The van der Waals surface area contributed by atoms with Gasteiger partial charge in [0, 0.05) is 18.8 Å². The van der Waals surface area contributed by atoms with Gasteiger partial charge in [-0.05, 0) is 37.1 Å². The second kappa shape index (κ2) is 9.81. The minimum atomic E-state index is -0.588. The first-order valence-electron chi connectivity index (χ1n) is 9.50. The van der Waals surface area contributed by atoms with Gasteiger partial charge in [0.25, 0.3) is 0 Å². The van der Waals surface area contributed by atoms with E-state index in [2.05, 4.69) is 10.6 Å². The number of carbonyl (C=O) groups excluding carboxylic acids is 2. The molecule has 2 saturated heterocycles. The fourth-order valence-corrected chi connectivity index (χ4v) is 3.45. The molecular formula is C19H26FN3O5. The monoisotopic (exact) mass is 395 g/mol. The first-order chi connectivity index (χ1) is 13.5. The predicted molar refractivity (Wildman–Crippen MR) is 99.3 cm³/mol. The number of rotatable bonds is 5. The Labute approximate surface area is 163 Å². The van der Waals surface area contributed by atoms with E-state index in [1.165, 1.54) is 24.3 Å². The van der Waals surface area contributed by atoms with E-state index >= 15 is 0 Å². The van der Waals surface area contributed by atoms with Crippen LogP contribution in [0, 0.1) is 5.82 Å². The molecule has 0 aromatic heterocycles. The highest BCUT2D eigenvalue weighted by Crippen LogP contribution is 2.23. The van der Waals surface area contributed by atoms with Gasteiger partial charge in [0.2, 0.25) is 5.91 Å². The van der Waals surface area contributed by atoms with Crippen molar-refractivity contribution < 1.29 is 28.6 Å². The molecule has 2 aliphatic rings. The van der Waals surface area contributed by atoms with Crippen LogP contribution >= 0.6 is 0 Å². The molecule has 0 bridgehead atoms. The standard InChI is InChI=1S/C19H26FN3O5/c20-13-1-3-14(4-2-13)21-19(26)22-16-6-5-15(28-17(16)12-24)11-18(25)23-7-9-27-10-8-23/h1-4,15-17,24H,5-12H2,(H2,21,22,26)/t15-,16-,17-/m0/s1. The zero-order chi connectivity index (χ0) is 19.9. The van der Waals surface area contributed by atoms with Gasteiger partial charge < -0.3 is 30.1 Å². The van der Waals surface area contributed by atoms with Crippen LogP contribution in [-0.4, -0.2) is 73.1 Å². The van der Waals surface area contributed by atoms with E-state index in [4.69, 9.17) is 9.47 Å². The third-order valence-corrected chi connectivity index (χ3v) is 4.98. The van der Waals surface area contributed by atoms with Gasteiger partial charge in [-0.1, -0.05) is 0 Å². The SMILES string of the molecule is O=C(Nc1ccc(F)cc1)N[C@H]1CC[C@@H](CC(=O)N2CCOCC2)O[C@H]1CO. The van der Waals surface area contributed by atoms with Gasteiger partial charge in [0.15, 0.2) is 0 Å². The van der Waals surface area contributed by atoms with E-state index in [0.717, 1.165) is 0 Å². The maximum absolute atomic E-state index is 12.9. The number of hydrogen-bond donors (Lipinski definition) is 3. The quantitative estimate of drug-likeness (QED) is 0.693. The summed E-state index contributed by atoms with van der Waals surface area (Å²) in [5, 5.41) is 15.0. The average Bonchev–Trinajstić information content (AvgIpc) is 2.71. The Morgan fingerprint density at radius 3 is 2.57 bits per heavy atom. The van der Waals surface area contributed by atoms with Crippen LogP contribution in [-0.2, 0) is 14.3 Å². The molecule has 3 rings (SSSR count). The molecule has 3 amide bonds. The van der Waals surface area contributed by atoms with Crippen molar-refractivity contribution in [2.45, 2.75) is 37.5 Å². The van der Waals surface area contributed by atoms with Gasteiger partial charge >= 0.3 is 6.03 Å². The lowest BCUT2D eigenvalue weighted by Crippen LogP contribution is -2.52. The fourth-order valence-electron chi connectivity index (χ4n) is 3.45. The van der Waals surface area contributed by atoms with Gasteiger partial charge in [0.05, 0.1) is 38.4 Å². The van der Waals surface area contributed by atoms with E-state index in [9.17, 15) is 19.1 Å². The molecule has 3 N–H and O–H groups in total. The zero-order valence-electron chi connectivity index (χ0n) is 15.6. The Hall–Kier alpha value is -2.23. The van der Waals surface area contributed by atoms with Crippen molar-refractivity contribution in [3.05, 3.63) is 30.1 Å². The van der Waals surface area contributed by atoms with Crippen molar-refractivity contribution in [2.75, 3.05) is 38.2 Å². The number of halogens is 1. The van der Waals surface area contributed by atoms with E-state index < -0.39 is 12.1 Å². The summed E-state index contributed by atoms with van der Waals surface area (Å²) in [6.45, 7) is 2.01. The molecule has 0 spiro atoms. The minimum Gasteiger partial charge on any atom is -0.394 e. The smallest absolute Gasteiger partial charge is 0.319 e. The lowest BCUT2D eigenvalue weighted by atomic mass is 9.97. The summed E-state index contributed by atoms with van der Waals surface area (Å²) in [5.74, 6) is -0.366. The minimum absolute atomic E-state index is 0.0189. The van der Waals surface area contributed by atoms with Crippen molar-refractivity contribution in [3.63, 3.8) is 0 Å². The molecule has 28 heavy (non-hydrogen) atoms. The van der Waals surface area contributed by atoms with Crippen molar-refractivity contribution >= 4 is 17.6 Å². The van der Waals surface area contributed by atoms with Crippen molar-refractivity contribution in [1.29, 1.82) is 0 Å². The Morgan fingerprint density at radius 1 is 1.18 bits per heavy atom. The molecule has 0 radical (unpaired) electrons. The van der Waals surface area contributed by atoms with E-state index in [1.807, 2.05) is 0 Å². The van der Waals surface area contributed by atoms with Gasteiger partial charge in [-0.3, -0.25) is 4.79 Å². The molecule has 0 aliphatic carbocycles. The van der Waals surface area contributed by atoms with Crippen LogP contribution in [0.1, 0.15) is 19.3 Å². The summed E-state index contributed by atoms with van der Waals surface area (Å²) in [5.41, 5.74) is 0.463. The number of hydrogen-bond acceptors (Lipinski definition) is 5. The fraction of sp³-hybridized carbons (Fsp3) is 0.579. The summed E-state index contributed by atoms with van der Waals surface area (Å²) in [4.78, 5) is 26.3. The number of nitrogens with one attached hydrogen (secondary N) is 2. The Bertz CT molecular complexity index is 666. The lowest BCUT2D eigenvalue weighted by Gasteiger charge is -2.37. The molecule has 9 heteroatoms. The normalized spacial score (nSPS) is 25.2. The van der Waals surface area contributed by atoms with Gasteiger partial charge in [-0.15, -0.1) is 0 Å². The highest BCUT2D eigenvalue weighted by Gasteiger charge is 2.33. The number of ether oxygens (including phenoxy) is 2. The number of anilines is 1. The number of aliphatic hydroxyl groups is 1. The Kier molecular flexibility index (Phi) is 7.18. The lowest BCUT2D eigenvalue weighted by molar-refractivity contribution is -0.143. The van der Waals surface area contributed by atoms with Crippen LogP contribution in [0.25, 0.3) is 0 Å². The molecule has 2 heterocycles. The number of benzene rings is 1. The first-order valence-corrected chi connectivity index (χ1v) is 9.50. The molecule has 154 valence electrons. The summed E-state index contributed by atoms with van der Waals surface area (Å²) >= 11 is 0. The van der Waals surface area contributed by atoms with Gasteiger partial charge in [-0.2, -0.15) is 0 Å². The van der Waals surface area contributed by atoms with Crippen molar-refractivity contribution in [3.8, 4) is 0 Å². The zero-order valence-corrected chi connectivity index (χ0v) is 15.6. The first kappa shape index (κ1) is 20.5. The summed E-state index contributed by atoms with van der Waals surface area (Å²) in [6, 6.07) is 4.60. The molecule has 0 unspecified atom stereocenters. The number of amides is 3. The van der Waals surface area contributed by atoms with Crippen LogP contribution in [0.3, 0.4) is 0 Å². The topological polar surface area (TPSA) is 100 Å². The molecule has 2 fully saturated rings. The third-order valence-electron chi connectivity index (χ3n) is 4.98. The molecule has 3 atom stereocenters. The maximum Gasteiger partial charge on any atom is 0.319 e. The van der Waals surface area contributed by atoms with E-state index in [0.29, 0.717) is 44.8 Å². The van der Waals surface area contributed by atoms with Crippen molar-refractivity contribution in [2.24, 2.45) is 0 Å². The highest BCUT2D eigenvalue weighted by atomic mass is 19.1. The number of aliphatic hydroxyl groups excluding tert-OH is 1. The maximum atomic E-state index is 12.9. The molecular weight excluding hydrogens is 369 g/mol. The highest BCUT2D eigenvalue weighted by molar-refractivity contribution is 5.89. The number of nitrogens with zero attached hydrogens (tertiary/aromatic N) is 1. The third kappa shape index (κ3) is 5.63. The predicted octanol–water partition coefficient (Wildman–Crippen LogP) is 1.10. The van der Waals surface area contributed by atoms with Crippen molar-refractivity contribution in [1.82, 2.24) is 10.2 Å². The summed E-state index contributed by atoms with van der Waals surface area (Å²) < 4.78 is 24.0. The molecule has 8 nitrogen and oxygen atoms in total. The van der Waals surface area contributed by atoms with Crippen LogP contribution in [0.4, 0.5) is 14.9 Å². The van der Waals surface area contributed by atoms with Crippen LogP contribution in [0.15, 0.2) is 24.3 Å². The van der Waals surface area contributed by atoms with E-state index in [1.54, 1.807) is 4.90 Å². The molecule has 0 saturated carbocycles.